The molecule has 112 valence electrons. The summed E-state index contributed by atoms with van der Waals surface area (Å²) in [6.07, 6.45) is 0.471. The van der Waals surface area contributed by atoms with Gasteiger partial charge in [-0.15, -0.1) is 0 Å². The molecule has 2 rings (SSSR count). The van der Waals surface area contributed by atoms with Gasteiger partial charge in [-0.3, -0.25) is 4.79 Å². The largest absolute Gasteiger partial charge is 0.339 e. The number of halogens is 2. The van der Waals surface area contributed by atoms with Gasteiger partial charge in [-0.2, -0.15) is 4.98 Å². The maximum Gasteiger partial charge on any atom is 0.227 e. The highest BCUT2D eigenvalue weighted by Gasteiger charge is 2.12. The topological polar surface area (TPSA) is 68.0 Å². The molecule has 0 aliphatic heterocycles. The van der Waals surface area contributed by atoms with Crippen LogP contribution in [-0.2, 0) is 11.2 Å². The minimum Gasteiger partial charge on any atom is -0.339 e. The molecule has 0 fully saturated rings. The second kappa shape index (κ2) is 6.80. The van der Waals surface area contributed by atoms with Crippen LogP contribution in [0, 0.1) is 5.82 Å². The van der Waals surface area contributed by atoms with E-state index in [9.17, 15) is 9.18 Å². The van der Waals surface area contributed by atoms with E-state index in [-0.39, 0.29) is 23.9 Å². The molecule has 1 aromatic heterocycles. The molecule has 0 saturated heterocycles. The standard InChI is InChI=1S/C14H15BrFN3O2/c1-8(2)14-18-13(21-19-14)6-5-12(20)17-11-4-3-9(15)7-10(11)16/h3-4,7-8H,5-6H2,1-2H3,(H,17,20). The van der Waals surface area contributed by atoms with Crippen LogP contribution < -0.4 is 5.32 Å². The first-order valence-electron chi connectivity index (χ1n) is 6.53. The predicted molar refractivity (Wildman–Crippen MR) is 79.4 cm³/mol. The summed E-state index contributed by atoms with van der Waals surface area (Å²) in [6, 6.07) is 4.45. The average molecular weight is 356 g/mol. The molecule has 0 atom stereocenters. The zero-order chi connectivity index (χ0) is 15.4. The summed E-state index contributed by atoms with van der Waals surface area (Å²) in [7, 11) is 0. The van der Waals surface area contributed by atoms with E-state index in [1.54, 1.807) is 6.07 Å². The smallest absolute Gasteiger partial charge is 0.227 e. The third kappa shape index (κ3) is 4.35. The summed E-state index contributed by atoms with van der Waals surface area (Å²) < 4.78 is 19.2. The molecule has 0 spiro atoms. The van der Waals surface area contributed by atoms with E-state index in [1.165, 1.54) is 12.1 Å². The lowest BCUT2D eigenvalue weighted by atomic mass is 10.2. The highest BCUT2D eigenvalue weighted by molar-refractivity contribution is 9.10. The third-order valence-corrected chi connectivity index (χ3v) is 3.26. The number of rotatable bonds is 5. The number of amides is 1. The van der Waals surface area contributed by atoms with E-state index in [1.807, 2.05) is 13.8 Å². The van der Waals surface area contributed by atoms with Crippen molar-refractivity contribution in [1.29, 1.82) is 0 Å². The third-order valence-electron chi connectivity index (χ3n) is 2.77. The van der Waals surface area contributed by atoms with Crippen molar-refractivity contribution in [3.05, 3.63) is 40.2 Å². The minimum absolute atomic E-state index is 0.148. The van der Waals surface area contributed by atoms with Crippen molar-refractivity contribution in [2.24, 2.45) is 0 Å². The van der Waals surface area contributed by atoms with Gasteiger partial charge in [0.15, 0.2) is 5.82 Å². The Bertz CT molecular complexity index is 643. The fraction of sp³-hybridized carbons (Fsp3) is 0.357. The van der Waals surface area contributed by atoms with Gasteiger partial charge in [0.2, 0.25) is 11.8 Å². The monoisotopic (exact) mass is 355 g/mol. The van der Waals surface area contributed by atoms with Gasteiger partial charge in [-0.25, -0.2) is 4.39 Å². The molecule has 0 bridgehead atoms. The lowest BCUT2D eigenvalue weighted by Crippen LogP contribution is -2.13. The Labute approximate surface area is 130 Å². The second-order valence-electron chi connectivity index (χ2n) is 4.87. The first kappa shape index (κ1) is 15.6. The molecule has 7 heteroatoms. The average Bonchev–Trinajstić information content (AvgIpc) is 2.89. The van der Waals surface area contributed by atoms with E-state index < -0.39 is 5.82 Å². The lowest BCUT2D eigenvalue weighted by molar-refractivity contribution is -0.116. The van der Waals surface area contributed by atoms with Crippen LogP contribution >= 0.6 is 15.9 Å². The Morgan fingerprint density at radius 2 is 2.24 bits per heavy atom. The summed E-state index contributed by atoms with van der Waals surface area (Å²) in [5.74, 6) is 0.404. The molecule has 1 aromatic carbocycles. The van der Waals surface area contributed by atoms with Crippen molar-refractivity contribution >= 4 is 27.5 Å². The van der Waals surface area contributed by atoms with Crippen molar-refractivity contribution in [3.63, 3.8) is 0 Å². The molecular formula is C14H15BrFN3O2. The molecule has 0 saturated carbocycles. The van der Waals surface area contributed by atoms with Gasteiger partial charge < -0.3 is 9.84 Å². The number of anilines is 1. The highest BCUT2D eigenvalue weighted by Crippen LogP contribution is 2.19. The van der Waals surface area contributed by atoms with Crippen LogP contribution in [-0.4, -0.2) is 16.0 Å². The van der Waals surface area contributed by atoms with Gasteiger partial charge in [0.05, 0.1) is 5.69 Å². The Morgan fingerprint density at radius 1 is 1.48 bits per heavy atom. The molecule has 1 N–H and O–H groups in total. The van der Waals surface area contributed by atoms with Crippen LogP contribution in [0.2, 0.25) is 0 Å². The zero-order valence-electron chi connectivity index (χ0n) is 11.7. The quantitative estimate of drug-likeness (QED) is 0.888. The first-order valence-corrected chi connectivity index (χ1v) is 7.32. The van der Waals surface area contributed by atoms with Crippen molar-refractivity contribution in [3.8, 4) is 0 Å². The number of carbonyl (C=O) groups excluding carboxylic acids is 1. The summed E-state index contributed by atoms with van der Waals surface area (Å²) in [5.41, 5.74) is 0.150. The number of aromatic nitrogens is 2. The Kier molecular flexibility index (Phi) is 5.06. The maximum absolute atomic E-state index is 13.6. The summed E-state index contributed by atoms with van der Waals surface area (Å²) >= 11 is 3.16. The molecule has 0 aliphatic carbocycles. The Hall–Kier alpha value is -1.76. The Morgan fingerprint density at radius 3 is 2.86 bits per heavy atom. The van der Waals surface area contributed by atoms with Gasteiger partial charge in [-0.05, 0) is 18.2 Å². The molecule has 0 aliphatic rings. The normalized spacial score (nSPS) is 10.9. The first-order chi connectivity index (χ1) is 9.95. The van der Waals surface area contributed by atoms with E-state index in [0.717, 1.165) is 0 Å². The van der Waals surface area contributed by atoms with Crippen molar-refractivity contribution in [2.45, 2.75) is 32.6 Å². The zero-order valence-corrected chi connectivity index (χ0v) is 13.3. The Balaban J connectivity index is 1.89. The minimum atomic E-state index is -0.488. The number of hydrogen-bond donors (Lipinski definition) is 1. The van der Waals surface area contributed by atoms with Gasteiger partial charge in [0.25, 0.3) is 0 Å². The van der Waals surface area contributed by atoms with E-state index >= 15 is 0 Å². The predicted octanol–water partition coefficient (Wildman–Crippen LogP) is 3.67. The second-order valence-corrected chi connectivity index (χ2v) is 5.79. The van der Waals surface area contributed by atoms with Gasteiger partial charge in [0, 0.05) is 23.2 Å². The van der Waals surface area contributed by atoms with Crippen LogP contribution in [0.4, 0.5) is 10.1 Å². The van der Waals surface area contributed by atoms with E-state index in [0.29, 0.717) is 22.6 Å². The van der Waals surface area contributed by atoms with Crippen LogP contribution in [0.1, 0.15) is 37.9 Å². The SMILES string of the molecule is CC(C)c1noc(CCC(=O)Nc2ccc(Br)cc2F)n1. The van der Waals surface area contributed by atoms with Crippen LogP contribution in [0.3, 0.4) is 0 Å². The summed E-state index contributed by atoms with van der Waals surface area (Å²) in [6.45, 7) is 3.91. The number of nitrogens with zero attached hydrogens (tertiary/aromatic N) is 2. The fourth-order valence-corrected chi connectivity index (χ4v) is 1.96. The molecule has 21 heavy (non-hydrogen) atoms. The molecule has 2 aromatic rings. The molecular weight excluding hydrogens is 341 g/mol. The number of benzene rings is 1. The van der Waals surface area contributed by atoms with Gasteiger partial charge >= 0.3 is 0 Å². The number of hydrogen-bond acceptors (Lipinski definition) is 4. The summed E-state index contributed by atoms with van der Waals surface area (Å²) in [4.78, 5) is 16.0. The van der Waals surface area contributed by atoms with E-state index in [2.05, 4.69) is 31.4 Å². The van der Waals surface area contributed by atoms with Crippen molar-refractivity contribution < 1.29 is 13.7 Å². The lowest BCUT2D eigenvalue weighted by Gasteiger charge is -2.05. The van der Waals surface area contributed by atoms with Crippen LogP contribution in [0.15, 0.2) is 27.2 Å². The fourth-order valence-electron chi connectivity index (χ4n) is 1.63. The summed E-state index contributed by atoms with van der Waals surface area (Å²) in [5, 5.41) is 6.33. The van der Waals surface area contributed by atoms with Crippen molar-refractivity contribution in [2.75, 3.05) is 5.32 Å². The molecule has 1 heterocycles. The van der Waals surface area contributed by atoms with Crippen LogP contribution in [0.25, 0.3) is 0 Å². The van der Waals surface area contributed by atoms with E-state index in [4.69, 9.17) is 4.52 Å². The number of carbonyl (C=O) groups is 1. The molecule has 5 nitrogen and oxygen atoms in total. The molecule has 0 radical (unpaired) electrons. The molecule has 0 unspecified atom stereocenters. The maximum atomic E-state index is 13.6. The van der Waals surface area contributed by atoms with Gasteiger partial charge in [-0.1, -0.05) is 34.9 Å². The van der Waals surface area contributed by atoms with Crippen LogP contribution in [0.5, 0.6) is 0 Å². The van der Waals surface area contributed by atoms with Gasteiger partial charge in [0.1, 0.15) is 5.82 Å². The number of aryl methyl sites for hydroxylation is 1. The number of nitrogens with one attached hydrogen (secondary N) is 1. The highest BCUT2D eigenvalue weighted by atomic mass is 79.9. The van der Waals surface area contributed by atoms with Crippen molar-refractivity contribution in [1.82, 2.24) is 10.1 Å². The molecule has 1 amide bonds.